The van der Waals surface area contributed by atoms with Gasteiger partial charge >= 0.3 is 5.97 Å². The van der Waals surface area contributed by atoms with Crippen molar-refractivity contribution in [2.75, 3.05) is 20.8 Å². The monoisotopic (exact) mass is 289 g/mol. The van der Waals surface area contributed by atoms with Crippen LogP contribution >= 0.6 is 12.4 Å². The van der Waals surface area contributed by atoms with Crippen molar-refractivity contribution in [3.63, 3.8) is 0 Å². The Morgan fingerprint density at radius 3 is 2.32 bits per heavy atom. The Morgan fingerprint density at radius 1 is 1.26 bits per heavy atom. The second-order valence-corrected chi connectivity index (χ2v) is 3.41. The summed E-state index contributed by atoms with van der Waals surface area (Å²) in [5, 5.41) is 16.7. The number of halogens is 1. The number of methoxy groups -OCH3 is 2. The molecule has 1 atom stereocenters. The van der Waals surface area contributed by atoms with Crippen LogP contribution < -0.4 is 4.74 Å². The van der Waals surface area contributed by atoms with E-state index in [9.17, 15) is 9.90 Å². The molecule has 6 nitrogen and oxygen atoms in total. The van der Waals surface area contributed by atoms with Gasteiger partial charge in [-0.15, -0.1) is 12.4 Å². The van der Waals surface area contributed by atoms with Crippen LogP contribution in [0.15, 0.2) is 24.3 Å². The number of aliphatic hydroxyl groups is 1. The van der Waals surface area contributed by atoms with E-state index in [1.807, 2.05) is 0 Å². The molecule has 1 aromatic rings. The van der Waals surface area contributed by atoms with Crippen LogP contribution in [0.4, 0.5) is 0 Å². The fourth-order valence-electron chi connectivity index (χ4n) is 1.20. The maximum Gasteiger partial charge on any atom is 0.338 e. The van der Waals surface area contributed by atoms with Gasteiger partial charge in [0.1, 0.15) is 12.4 Å². The molecule has 7 heteroatoms. The van der Waals surface area contributed by atoms with Crippen molar-refractivity contribution >= 4 is 24.3 Å². The zero-order chi connectivity index (χ0) is 13.5. The van der Waals surface area contributed by atoms with Crippen LogP contribution in [0.5, 0.6) is 5.75 Å². The lowest BCUT2D eigenvalue weighted by Gasteiger charge is -2.10. The number of esters is 1. The predicted molar refractivity (Wildman–Crippen MR) is 71.0 cm³/mol. The van der Waals surface area contributed by atoms with Gasteiger partial charge in [-0.1, -0.05) is 0 Å². The van der Waals surface area contributed by atoms with Gasteiger partial charge in [-0.25, -0.2) is 4.79 Å². The number of carbonyl (C=O) groups excluding carboxylic acids is 1. The van der Waals surface area contributed by atoms with Gasteiger partial charge in [0.25, 0.3) is 0 Å². The van der Waals surface area contributed by atoms with Crippen LogP contribution in [-0.4, -0.2) is 43.9 Å². The molecule has 19 heavy (non-hydrogen) atoms. The molecule has 0 spiro atoms. The van der Waals surface area contributed by atoms with Crippen molar-refractivity contribution in [1.29, 1.82) is 5.41 Å². The topological polar surface area (TPSA) is 88.8 Å². The number of nitrogens with one attached hydrogen (secondary N) is 1. The van der Waals surface area contributed by atoms with Crippen molar-refractivity contribution in [2.45, 2.75) is 6.10 Å². The van der Waals surface area contributed by atoms with Crippen molar-refractivity contribution in [1.82, 2.24) is 0 Å². The number of carbonyl (C=O) groups is 1. The second-order valence-electron chi connectivity index (χ2n) is 3.41. The number of aliphatic hydroxyl groups excluding tert-OH is 1. The first kappa shape index (κ1) is 17.2. The fourth-order valence-corrected chi connectivity index (χ4v) is 1.20. The summed E-state index contributed by atoms with van der Waals surface area (Å²) in [6, 6.07) is 6.52. The largest absolute Gasteiger partial charge is 0.490 e. The van der Waals surface area contributed by atoms with Crippen LogP contribution in [0.25, 0.3) is 0 Å². The molecule has 0 saturated carbocycles. The lowest BCUT2D eigenvalue weighted by atomic mass is 10.2. The van der Waals surface area contributed by atoms with Gasteiger partial charge in [-0.05, 0) is 24.3 Å². The van der Waals surface area contributed by atoms with E-state index < -0.39 is 12.1 Å². The van der Waals surface area contributed by atoms with Gasteiger partial charge in [-0.2, -0.15) is 0 Å². The quantitative estimate of drug-likeness (QED) is 0.479. The van der Waals surface area contributed by atoms with E-state index in [4.69, 9.17) is 14.9 Å². The lowest BCUT2D eigenvalue weighted by Crippen LogP contribution is -2.28. The molecular formula is C12H16ClNO5. The first-order chi connectivity index (χ1) is 8.58. The van der Waals surface area contributed by atoms with E-state index >= 15 is 0 Å². The molecule has 2 N–H and O–H groups in total. The first-order valence-corrected chi connectivity index (χ1v) is 5.20. The highest BCUT2D eigenvalue weighted by Crippen LogP contribution is 2.13. The molecule has 0 fully saturated rings. The third-order valence-corrected chi connectivity index (χ3v) is 2.20. The first-order valence-electron chi connectivity index (χ1n) is 5.20. The van der Waals surface area contributed by atoms with Gasteiger partial charge in [0.05, 0.1) is 14.2 Å². The molecule has 0 bridgehead atoms. The average molecular weight is 290 g/mol. The third kappa shape index (κ3) is 5.15. The Hall–Kier alpha value is -1.79. The Balaban J connectivity index is 0.00000324. The van der Waals surface area contributed by atoms with Crippen LogP contribution in [0.1, 0.15) is 5.56 Å². The highest BCUT2D eigenvalue weighted by Gasteiger charge is 2.15. The molecule has 0 saturated heterocycles. The Bertz CT molecular complexity index is 421. The van der Waals surface area contributed by atoms with E-state index in [0.717, 1.165) is 0 Å². The zero-order valence-corrected chi connectivity index (χ0v) is 11.4. The standard InChI is InChI=1S/C12H15NO5.ClH/c1-16-11(13)8-3-5-9(6-4-8)18-7-10(14)12(15)17-2;/h3-6,10,13-14H,7H2,1-2H3;1H/t10-;/m1./s1. The van der Waals surface area contributed by atoms with Crippen molar-refractivity contribution in [3.8, 4) is 5.75 Å². The van der Waals surface area contributed by atoms with E-state index in [1.165, 1.54) is 14.2 Å². The zero-order valence-electron chi connectivity index (χ0n) is 10.6. The number of hydrogen-bond donors (Lipinski definition) is 2. The molecular weight excluding hydrogens is 274 g/mol. The highest BCUT2D eigenvalue weighted by atomic mass is 35.5. The minimum atomic E-state index is -1.31. The van der Waals surface area contributed by atoms with Gasteiger partial charge in [0, 0.05) is 5.56 Å². The number of hydrogen-bond acceptors (Lipinski definition) is 6. The molecule has 0 unspecified atom stereocenters. The van der Waals surface area contributed by atoms with Crippen molar-refractivity contribution < 1.29 is 24.1 Å². The number of ether oxygens (including phenoxy) is 3. The minimum Gasteiger partial charge on any atom is -0.490 e. The second kappa shape index (κ2) is 8.34. The number of rotatable bonds is 5. The van der Waals surface area contributed by atoms with Gasteiger partial charge in [0.15, 0.2) is 6.10 Å². The summed E-state index contributed by atoms with van der Waals surface area (Å²) in [5.74, 6) is -0.213. The molecule has 1 rings (SSSR count). The van der Waals surface area contributed by atoms with E-state index in [1.54, 1.807) is 24.3 Å². The summed E-state index contributed by atoms with van der Waals surface area (Å²) < 4.78 is 14.3. The van der Waals surface area contributed by atoms with E-state index in [-0.39, 0.29) is 24.9 Å². The molecule has 106 valence electrons. The van der Waals surface area contributed by atoms with E-state index in [0.29, 0.717) is 11.3 Å². The van der Waals surface area contributed by atoms with Crippen LogP contribution in [0.3, 0.4) is 0 Å². The highest BCUT2D eigenvalue weighted by molar-refractivity contribution is 5.91. The molecule has 0 aliphatic heterocycles. The molecule has 0 heterocycles. The molecule has 0 radical (unpaired) electrons. The summed E-state index contributed by atoms with van der Waals surface area (Å²) in [7, 11) is 2.61. The summed E-state index contributed by atoms with van der Waals surface area (Å²) in [5.41, 5.74) is 0.610. The molecule has 0 aliphatic rings. The Labute approximate surface area is 117 Å². The van der Waals surface area contributed by atoms with Gasteiger partial charge in [-0.3, -0.25) is 5.41 Å². The summed E-state index contributed by atoms with van der Waals surface area (Å²) in [6.45, 7) is -0.187. The number of benzene rings is 1. The molecule has 0 aliphatic carbocycles. The summed E-state index contributed by atoms with van der Waals surface area (Å²) in [6.07, 6.45) is -1.31. The Morgan fingerprint density at radius 2 is 1.84 bits per heavy atom. The summed E-state index contributed by atoms with van der Waals surface area (Å²) >= 11 is 0. The van der Waals surface area contributed by atoms with E-state index in [2.05, 4.69) is 4.74 Å². The maximum absolute atomic E-state index is 10.9. The van der Waals surface area contributed by atoms with Crippen molar-refractivity contribution in [2.24, 2.45) is 0 Å². The van der Waals surface area contributed by atoms with Gasteiger partial charge in [0.2, 0.25) is 5.90 Å². The van der Waals surface area contributed by atoms with Gasteiger partial charge < -0.3 is 19.3 Å². The Kier molecular flexibility index (Phi) is 7.55. The lowest BCUT2D eigenvalue weighted by molar-refractivity contribution is -0.151. The normalized spacial score (nSPS) is 10.9. The molecule has 0 amide bonds. The van der Waals surface area contributed by atoms with Crippen LogP contribution in [-0.2, 0) is 14.3 Å². The summed E-state index contributed by atoms with van der Waals surface area (Å²) in [4.78, 5) is 10.9. The molecule has 1 aromatic carbocycles. The van der Waals surface area contributed by atoms with Crippen molar-refractivity contribution in [3.05, 3.63) is 29.8 Å². The third-order valence-electron chi connectivity index (χ3n) is 2.20. The fraction of sp³-hybridized carbons (Fsp3) is 0.333. The SMILES string of the molecule is COC(=N)c1ccc(OC[C@@H](O)C(=O)OC)cc1.Cl. The minimum absolute atomic E-state index is 0. The smallest absolute Gasteiger partial charge is 0.338 e. The van der Waals surface area contributed by atoms with Crippen LogP contribution in [0.2, 0.25) is 0 Å². The predicted octanol–water partition coefficient (Wildman–Crippen LogP) is 0.993. The average Bonchev–Trinajstić information content (AvgIpc) is 2.43. The molecule has 0 aromatic heterocycles. The maximum atomic E-state index is 10.9. The van der Waals surface area contributed by atoms with Crippen LogP contribution in [0, 0.1) is 5.41 Å².